The summed E-state index contributed by atoms with van der Waals surface area (Å²) >= 11 is 0. The number of esters is 1. The third-order valence-corrected chi connectivity index (χ3v) is 2.56. The molecular formula is C15H25NO4. The molecule has 0 aromatic heterocycles. The van der Waals surface area contributed by atoms with Gasteiger partial charge in [-0.3, -0.25) is 4.90 Å². The van der Waals surface area contributed by atoms with E-state index in [0.29, 0.717) is 13.0 Å². The Bertz CT molecular complexity index is 377. The smallest absolute Gasteiger partial charge is 0.411 e. The maximum absolute atomic E-state index is 12.2. The fraction of sp³-hybridized carbons (Fsp3) is 0.733. The molecule has 0 unspecified atom stereocenters. The lowest BCUT2D eigenvalue weighted by Crippen LogP contribution is -2.45. The van der Waals surface area contributed by atoms with Crippen molar-refractivity contribution in [3.8, 4) is 0 Å². The summed E-state index contributed by atoms with van der Waals surface area (Å²) in [5, 5.41) is 0. The summed E-state index contributed by atoms with van der Waals surface area (Å²) in [6, 6.07) is -0.642. The summed E-state index contributed by atoms with van der Waals surface area (Å²) in [7, 11) is 0. The van der Waals surface area contributed by atoms with Crippen molar-refractivity contribution < 1.29 is 19.1 Å². The monoisotopic (exact) mass is 283 g/mol. The summed E-state index contributed by atoms with van der Waals surface area (Å²) in [5.74, 6) is -0.415. The second-order valence-electron chi connectivity index (χ2n) is 7.11. The molecular weight excluding hydrogens is 258 g/mol. The van der Waals surface area contributed by atoms with Crippen LogP contribution < -0.4 is 0 Å². The second kappa shape index (κ2) is 5.46. The number of carbonyl (C=O) groups is 2. The highest BCUT2D eigenvalue weighted by atomic mass is 16.6. The normalized spacial score (nSPS) is 20.0. The predicted octanol–water partition coefficient (Wildman–Crippen LogP) is 2.89. The summed E-state index contributed by atoms with van der Waals surface area (Å²) in [4.78, 5) is 25.7. The zero-order valence-electron chi connectivity index (χ0n) is 13.3. The van der Waals surface area contributed by atoms with Crippen LogP contribution in [0.3, 0.4) is 0 Å². The molecule has 0 N–H and O–H groups in total. The van der Waals surface area contributed by atoms with Crippen LogP contribution in [0.25, 0.3) is 0 Å². The van der Waals surface area contributed by atoms with Gasteiger partial charge in [0.05, 0.1) is 0 Å². The summed E-state index contributed by atoms with van der Waals surface area (Å²) in [6.45, 7) is 15.0. The molecule has 0 aromatic carbocycles. The molecule has 5 heteroatoms. The molecule has 1 fully saturated rings. The van der Waals surface area contributed by atoms with Crippen molar-refractivity contribution in [2.75, 3.05) is 6.54 Å². The Balaban J connectivity index is 2.81. The van der Waals surface area contributed by atoms with Crippen LogP contribution in [0.1, 0.15) is 48.0 Å². The molecule has 0 aliphatic carbocycles. The van der Waals surface area contributed by atoms with E-state index in [-0.39, 0.29) is 0 Å². The quantitative estimate of drug-likeness (QED) is 0.548. The lowest BCUT2D eigenvalue weighted by Gasteiger charge is -2.29. The van der Waals surface area contributed by atoms with E-state index in [1.807, 2.05) is 0 Å². The van der Waals surface area contributed by atoms with Crippen molar-refractivity contribution in [3.63, 3.8) is 0 Å². The van der Waals surface area contributed by atoms with Gasteiger partial charge < -0.3 is 9.47 Å². The Labute approximate surface area is 120 Å². The predicted molar refractivity (Wildman–Crippen MR) is 76.3 cm³/mol. The number of carbonyl (C=O) groups excluding carboxylic acids is 2. The maximum atomic E-state index is 12.2. The van der Waals surface area contributed by atoms with Crippen LogP contribution in [0.15, 0.2) is 12.2 Å². The fourth-order valence-electron chi connectivity index (χ4n) is 1.89. The van der Waals surface area contributed by atoms with E-state index in [4.69, 9.17) is 9.47 Å². The first kappa shape index (κ1) is 16.5. The van der Waals surface area contributed by atoms with E-state index in [1.165, 1.54) is 4.90 Å². The number of hydrogen-bond donors (Lipinski definition) is 0. The van der Waals surface area contributed by atoms with Crippen LogP contribution in [0.2, 0.25) is 0 Å². The highest BCUT2D eigenvalue weighted by Gasteiger charge is 2.40. The number of nitrogens with zero attached hydrogens (tertiary/aromatic N) is 1. The summed E-state index contributed by atoms with van der Waals surface area (Å²) in [6.07, 6.45) is -0.0826. The van der Waals surface area contributed by atoms with E-state index in [1.54, 1.807) is 41.5 Å². The van der Waals surface area contributed by atoms with E-state index >= 15 is 0 Å². The summed E-state index contributed by atoms with van der Waals surface area (Å²) < 4.78 is 10.7. The molecule has 1 saturated heterocycles. The number of ether oxygens (including phenoxy) is 2. The Hall–Kier alpha value is -1.52. The minimum absolute atomic E-state index is 0.332. The van der Waals surface area contributed by atoms with Gasteiger partial charge in [-0.25, -0.2) is 9.59 Å². The van der Waals surface area contributed by atoms with Gasteiger partial charge in [-0.05, 0) is 41.5 Å². The van der Waals surface area contributed by atoms with Gasteiger partial charge in [0.25, 0.3) is 0 Å². The number of likely N-dealkylation sites (tertiary alicyclic amines) is 1. The Kier molecular flexibility index (Phi) is 4.52. The number of amides is 1. The number of rotatable bonds is 1. The molecule has 1 heterocycles. The molecule has 0 radical (unpaired) electrons. The van der Waals surface area contributed by atoms with Gasteiger partial charge in [-0.1, -0.05) is 12.2 Å². The molecule has 1 aliphatic rings. The first-order chi connectivity index (χ1) is 8.89. The van der Waals surface area contributed by atoms with Gasteiger partial charge in [0, 0.05) is 13.0 Å². The van der Waals surface area contributed by atoms with Crippen LogP contribution in [-0.4, -0.2) is 40.8 Å². The minimum atomic E-state index is -0.642. The Morgan fingerprint density at radius 2 is 1.60 bits per heavy atom. The molecule has 5 nitrogen and oxygen atoms in total. The maximum Gasteiger partial charge on any atom is 0.411 e. The summed E-state index contributed by atoms with van der Waals surface area (Å²) in [5.41, 5.74) is -0.355. The van der Waals surface area contributed by atoms with Crippen molar-refractivity contribution in [2.24, 2.45) is 0 Å². The van der Waals surface area contributed by atoms with Gasteiger partial charge in [-0.15, -0.1) is 0 Å². The van der Waals surface area contributed by atoms with Crippen molar-refractivity contribution in [3.05, 3.63) is 12.2 Å². The standard InChI is InChI=1S/C15H25NO4/c1-10-8-11(12(17)19-14(2,3)4)16(9-10)13(18)20-15(5,6)7/h11H,1,8-9H2,2-7H3/t11-/m1/s1. The molecule has 20 heavy (non-hydrogen) atoms. The number of hydrogen-bond acceptors (Lipinski definition) is 4. The van der Waals surface area contributed by atoms with Gasteiger partial charge in [0.15, 0.2) is 0 Å². The molecule has 0 bridgehead atoms. The van der Waals surface area contributed by atoms with E-state index in [0.717, 1.165) is 5.57 Å². The lowest BCUT2D eigenvalue weighted by atomic mass is 10.1. The van der Waals surface area contributed by atoms with E-state index in [9.17, 15) is 9.59 Å². The molecule has 1 aliphatic heterocycles. The SMILES string of the molecule is C=C1C[C@H](C(=O)OC(C)(C)C)N(C(=O)OC(C)(C)C)C1. The van der Waals surface area contributed by atoms with E-state index < -0.39 is 29.3 Å². The van der Waals surface area contributed by atoms with Crippen molar-refractivity contribution >= 4 is 12.1 Å². The molecule has 0 spiro atoms. The average Bonchev–Trinajstić information content (AvgIpc) is 2.55. The Morgan fingerprint density at radius 3 is 2.05 bits per heavy atom. The van der Waals surface area contributed by atoms with Crippen molar-refractivity contribution in [1.82, 2.24) is 4.90 Å². The topological polar surface area (TPSA) is 55.8 Å². The molecule has 1 atom stereocenters. The van der Waals surface area contributed by atoms with Gasteiger partial charge in [-0.2, -0.15) is 0 Å². The largest absolute Gasteiger partial charge is 0.458 e. The highest BCUT2D eigenvalue weighted by molar-refractivity contribution is 5.83. The minimum Gasteiger partial charge on any atom is -0.458 e. The van der Waals surface area contributed by atoms with Gasteiger partial charge >= 0.3 is 12.1 Å². The average molecular weight is 283 g/mol. The molecule has 0 saturated carbocycles. The molecule has 1 amide bonds. The fourth-order valence-corrected chi connectivity index (χ4v) is 1.89. The first-order valence-electron chi connectivity index (χ1n) is 6.78. The first-order valence-corrected chi connectivity index (χ1v) is 6.78. The van der Waals surface area contributed by atoms with Crippen LogP contribution >= 0.6 is 0 Å². The van der Waals surface area contributed by atoms with Crippen molar-refractivity contribution in [1.29, 1.82) is 0 Å². The van der Waals surface area contributed by atoms with Crippen LogP contribution in [0, 0.1) is 0 Å². The zero-order valence-corrected chi connectivity index (χ0v) is 13.3. The van der Waals surface area contributed by atoms with Gasteiger partial charge in [0.1, 0.15) is 17.2 Å². The van der Waals surface area contributed by atoms with Crippen LogP contribution in [0.5, 0.6) is 0 Å². The highest BCUT2D eigenvalue weighted by Crippen LogP contribution is 2.26. The Morgan fingerprint density at radius 1 is 1.10 bits per heavy atom. The third-order valence-electron chi connectivity index (χ3n) is 2.56. The zero-order chi connectivity index (χ0) is 15.7. The molecule has 0 aromatic rings. The third kappa shape index (κ3) is 4.87. The van der Waals surface area contributed by atoms with Crippen LogP contribution in [-0.2, 0) is 14.3 Å². The second-order valence-corrected chi connectivity index (χ2v) is 7.11. The van der Waals surface area contributed by atoms with Crippen molar-refractivity contribution in [2.45, 2.75) is 65.2 Å². The van der Waals surface area contributed by atoms with Crippen LogP contribution in [0.4, 0.5) is 4.79 Å². The lowest BCUT2D eigenvalue weighted by molar-refractivity contribution is -0.160. The van der Waals surface area contributed by atoms with E-state index in [2.05, 4.69) is 6.58 Å². The van der Waals surface area contributed by atoms with Gasteiger partial charge in [0.2, 0.25) is 0 Å². The molecule has 1 rings (SSSR count). The molecule has 114 valence electrons.